The maximum Gasteiger partial charge on any atom is 0.343 e. The molecule has 4 aromatic heterocycles. The molecule has 0 unspecified atom stereocenters. The lowest BCUT2D eigenvalue weighted by Gasteiger charge is -2.38. The lowest BCUT2D eigenvalue weighted by atomic mass is 10.1. The topological polar surface area (TPSA) is 184 Å². The van der Waals surface area contributed by atoms with Crippen molar-refractivity contribution in [3.8, 4) is 11.6 Å². The second-order valence-corrected chi connectivity index (χ2v) is 13.5. The number of anilines is 4. The maximum absolute atomic E-state index is 16.1. The molecule has 1 aliphatic heterocycles. The van der Waals surface area contributed by atoms with Gasteiger partial charge in [0.25, 0.3) is 0 Å². The molecule has 6 aromatic rings. The number of β-amino-alcohol motifs (C(OH)–C–C–N with tert-alkyl or cyclic N) is 1. The fourth-order valence-corrected chi connectivity index (χ4v) is 7.11. The van der Waals surface area contributed by atoms with Crippen LogP contribution >= 0.6 is 23.2 Å². The van der Waals surface area contributed by atoms with Gasteiger partial charge in [-0.2, -0.15) is 0 Å². The van der Waals surface area contributed by atoms with E-state index >= 15 is 22.0 Å². The minimum atomic E-state index is -1.49. The Morgan fingerprint density at radius 2 is 1.25 bits per heavy atom. The van der Waals surface area contributed by atoms with Crippen LogP contribution in [0.4, 0.5) is 49.4 Å². The lowest BCUT2D eigenvalue weighted by Crippen LogP contribution is -2.51. The van der Waals surface area contributed by atoms with E-state index in [-0.39, 0.29) is 38.1 Å². The van der Waals surface area contributed by atoms with Crippen molar-refractivity contribution >= 4 is 80.0 Å². The first-order valence-corrected chi connectivity index (χ1v) is 17.9. The van der Waals surface area contributed by atoms with E-state index in [9.17, 15) is 28.7 Å². The monoisotopic (exact) mass is 863 g/mol. The molecular weight excluding hydrogens is 839 g/mol. The van der Waals surface area contributed by atoms with Crippen molar-refractivity contribution in [1.82, 2.24) is 19.1 Å². The summed E-state index contributed by atoms with van der Waals surface area (Å²) in [4.78, 5) is 61.7. The maximum atomic E-state index is 16.1. The molecule has 0 bridgehead atoms. The Morgan fingerprint density at radius 3 is 1.78 bits per heavy atom. The molecule has 14 nitrogen and oxygen atoms in total. The van der Waals surface area contributed by atoms with Crippen molar-refractivity contribution in [2.24, 2.45) is 0 Å². The number of halogens is 8. The highest BCUT2D eigenvalue weighted by Crippen LogP contribution is 2.40. The quantitative estimate of drug-likeness (QED) is 0.113. The molecule has 1 saturated heterocycles. The van der Waals surface area contributed by atoms with Gasteiger partial charge in [-0.3, -0.25) is 18.7 Å². The van der Waals surface area contributed by atoms with Crippen molar-refractivity contribution in [2.75, 3.05) is 42.3 Å². The molecule has 5 heterocycles. The van der Waals surface area contributed by atoms with Crippen LogP contribution in [-0.4, -0.2) is 68.6 Å². The normalized spacial score (nSPS) is 12.9. The number of esters is 2. The van der Waals surface area contributed by atoms with Gasteiger partial charge < -0.3 is 30.5 Å². The Kier molecular flexibility index (Phi) is 10.7. The van der Waals surface area contributed by atoms with Gasteiger partial charge in [-0.15, -0.1) is 0 Å². The number of aromatic nitrogens is 4. The number of pyridine rings is 4. The summed E-state index contributed by atoms with van der Waals surface area (Å²) < 4.78 is 104. The molecule has 1 aliphatic rings. The summed E-state index contributed by atoms with van der Waals surface area (Å²) in [6, 6.07) is 1.89. The summed E-state index contributed by atoms with van der Waals surface area (Å²) in [5.74, 6) is -14.0. The third kappa shape index (κ3) is 6.91. The van der Waals surface area contributed by atoms with Gasteiger partial charge in [0.1, 0.15) is 22.8 Å². The smallest absolute Gasteiger partial charge is 0.343 e. The second-order valence-electron chi connectivity index (χ2n) is 12.8. The number of ether oxygens (including phenoxy) is 2. The molecule has 7 rings (SSSR count). The predicted molar refractivity (Wildman–Crippen MR) is 202 cm³/mol. The average molecular weight is 865 g/mol. The van der Waals surface area contributed by atoms with E-state index in [2.05, 4.69) is 15.3 Å². The lowest BCUT2D eigenvalue weighted by molar-refractivity contribution is 0.0514. The van der Waals surface area contributed by atoms with Crippen LogP contribution in [0.15, 0.2) is 46.2 Å². The first-order valence-electron chi connectivity index (χ1n) is 17.1. The van der Waals surface area contributed by atoms with Gasteiger partial charge >= 0.3 is 11.9 Å². The first-order chi connectivity index (χ1) is 28.0. The van der Waals surface area contributed by atoms with Crippen molar-refractivity contribution in [2.45, 2.75) is 20.0 Å². The molecule has 59 heavy (non-hydrogen) atoms. The Balaban J connectivity index is 1.47. The number of nitrogens with zero attached hydrogens (tertiary/aromatic N) is 5. The third-order valence-electron chi connectivity index (χ3n) is 9.06. The number of aliphatic hydroxyl groups is 1. The van der Waals surface area contributed by atoms with E-state index in [0.29, 0.717) is 16.7 Å². The van der Waals surface area contributed by atoms with Crippen LogP contribution in [0, 0.1) is 34.9 Å². The SMILES string of the molecule is CCOC(=O)c1cn(-c2nc(N)c(F)cc2F)c2c(Cl)c(Nc3nc(-n4cc(C(=O)OCC)c(=O)c5cc(F)c(N6CC(O)C6)c(Cl)c54)c(F)cc3F)c(F)cc2c1=O. The number of fused-ring (bicyclic) bond motifs is 2. The number of nitrogen functional groups attached to an aromatic ring is 1. The highest BCUT2D eigenvalue weighted by molar-refractivity contribution is 6.38. The number of hydrogen-bond donors (Lipinski definition) is 3. The minimum absolute atomic E-state index is 0.0716. The van der Waals surface area contributed by atoms with Crippen LogP contribution in [0.25, 0.3) is 33.4 Å². The van der Waals surface area contributed by atoms with Gasteiger partial charge in [-0.05, 0) is 26.0 Å². The highest BCUT2D eigenvalue weighted by Gasteiger charge is 2.33. The van der Waals surface area contributed by atoms with Crippen molar-refractivity contribution in [1.29, 1.82) is 0 Å². The molecule has 0 aliphatic carbocycles. The van der Waals surface area contributed by atoms with E-state index in [1.54, 1.807) is 0 Å². The Bertz CT molecular complexity index is 2930. The average Bonchev–Trinajstić information content (AvgIpc) is 3.16. The number of nitrogens with one attached hydrogen (secondary N) is 1. The van der Waals surface area contributed by atoms with E-state index in [1.165, 1.54) is 18.7 Å². The summed E-state index contributed by atoms with van der Waals surface area (Å²) in [7, 11) is 0. The predicted octanol–water partition coefficient (Wildman–Crippen LogP) is 6.09. The molecule has 0 radical (unpaired) electrons. The van der Waals surface area contributed by atoms with Crippen LogP contribution in [0.3, 0.4) is 0 Å². The molecule has 2 aromatic carbocycles. The van der Waals surface area contributed by atoms with Crippen molar-refractivity contribution in [3.63, 3.8) is 0 Å². The largest absolute Gasteiger partial charge is 0.462 e. The fraction of sp³-hybridized carbons (Fsp3) is 0.189. The molecule has 0 amide bonds. The number of rotatable bonds is 9. The molecule has 1 fully saturated rings. The standard InChI is InChI=1S/C37H25Cl2F6N7O7/c1-3-58-36(56)16-11-51(34-22(44)7-20(42)32(46)48-34)27-14(30(16)54)5-18(40)26(24(27)38)47-33-21(43)8-23(45)35(49-33)52-12-17(37(57)59-4-2)31(55)15-6-19(41)29(25(39)28(15)52)50-9-13(53)10-50/h5-8,11-13,53H,3-4,9-10H2,1-2H3,(H2,46,48)(H,47,49). The van der Waals surface area contributed by atoms with Crippen molar-refractivity contribution < 1.29 is 50.5 Å². The van der Waals surface area contributed by atoms with Crippen LogP contribution in [0.2, 0.25) is 10.0 Å². The number of carbonyl (C=O) groups is 2. The molecule has 0 atom stereocenters. The first kappa shape index (κ1) is 40.8. The number of hydrogen-bond acceptors (Lipinski definition) is 12. The van der Waals surface area contributed by atoms with Gasteiger partial charge in [0.05, 0.1) is 62.5 Å². The van der Waals surface area contributed by atoms with E-state index in [4.69, 9.17) is 38.4 Å². The molecular formula is C37H25Cl2F6N7O7. The Morgan fingerprint density at radius 1 is 0.763 bits per heavy atom. The number of carbonyl (C=O) groups excluding carboxylic acids is 2. The van der Waals surface area contributed by atoms with Gasteiger partial charge in [0, 0.05) is 37.6 Å². The highest BCUT2D eigenvalue weighted by atomic mass is 35.5. The molecule has 4 N–H and O–H groups in total. The van der Waals surface area contributed by atoms with E-state index in [0.717, 1.165) is 23.0 Å². The summed E-state index contributed by atoms with van der Waals surface area (Å²) in [5, 5.41) is 9.59. The van der Waals surface area contributed by atoms with E-state index < -0.39 is 136 Å². The van der Waals surface area contributed by atoms with Gasteiger partial charge in [-0.25, -0.2) is 45.9 Å². The fourth-order valence-electron chi connectivity index (χ4n) is 6.38. The van der Waals surface area contributed by atoms with Crippen LogP contribution in [0.5, 0.6) is 0 Å². The Labute approximate surface area is 335 Å². The van der Waals surface area contributed by atoms with E-state index in [1.807, 2.05) is 0 Å². The molecule has 0 saturated carbocycles. The van der Waals surface area contributed by atoms with Crippen molar-refractivity contribution in [3.05, 3.63) is 113 Å². The van der Waals surface area contributed by atoms with Crippen LogP contribution in [0.1, 0.15) is 34.6 Å². The number of aliphatic hydroxyl groups excluding tert-OH is 1. The minimum Gasteiger partial charge on any atom is -0.462 e. The number of benzene rings is 2. The Hall–Kier alpha value is -6.38. The zero-order valence-corrected chi connectivity index (χ0v) is 31.6. The molecule has 306 valence electrons. The van der Waals surface area contributed by atoms with Crippen LogP contribution < -0.4 is 26.8 Å². The van der Waals surface area contributed by atoms with Gasteiger partial charge in [0.15, 0.2) is 46.5 Å². The summed E-state index contributed by atoms with van der Waals surface area (Å²) in [6.45, 7) is 2.28. The van der Waals surface area contributed by atoms with Crippen LogP contribution in [-0.2, 0) is 9.47 Å². The second kappa shape index (κ2) is 15.4. The molecule has 22 heteroatoms. The molecule has 0 spiro atoms. The summed E-state index contributed by atoms with van der Waals surface area (Å²) in [5.41, 5.74) is -0.322. The zero-order chi connectivity index (χ0) is 42.8. The zero-order valence-electron chi connectivity index (χ0n) is 30.1. The van der Waals surface area contributed by atoms with Gasteiger partial charge in [-0.1, -0.05) is 23.2 Å². The third-order valence-corrected chi connectivity index (χ3v) is 9.78. The van der Waals surface area contributed by atoms with Gasteiger partial charge in [0.2, 0.25) is 10.9 Å². The summed E-state index contributed by atoms with van der Waals surface area (Å²) in [6.07, 6.45) is 0.659. The summed E-state index contributed by atoms with van der Waals surface area (Å²) >= 11 is 13.3. The number of nitrogens with two attached hydrogens (primary N) is 1.